The average molecular weight is 804 g/mol. The van der Waals surface area contributed by atoms with Gasteiger partial charge < -0.3 is 41.2 Å². The minimum atomic E-state index is -0.875. The Bertz CT molecular complexity index is 1980. The Balaban J connectivity index is 1.06. The lowest BCUT2D eigenvalue weighted by Gasteiger charge is -2.39. The third-order valence-electron chi connectivity index (χ3n) is 9.51. The van der Waals surface area contributed by atoms with Gasteiger partial charge in [-0.15, -0.1) is 0 Å². The van der Waals surface area contributed by atoms with Crippen molar-refractivity contribution < 1.29 is 24.5 Å². The van der Waals surface area contributed by atoms with Crippen molar-refractivity contribution in [1.82, 2.24) is 20.9 Å². The number of phenols is 1. The molecule has 12 heteroatoms. The molecule has 0 spiro atoms. The van der Waals surface area contributed by atoms with Crippen LogP contribution in [0.25, 0.3) is 10.9 Å². The summed E-state index contributed by atoms with van der Waals surface area (Å²) in [5.74, 6) is -0.197. The van der Waals surface area contributed by atoms with Crippen LogP contribution in [0.4, 0.5) is 10.5 Å². The molecule has 3 aromatic carbocycles. The zero-order valence-corrected chi connectivity index (χ0v) is 30.2. The van der Waals surface area contributed by atoms with E-state index in [-0.39, 0.29) is 41.8 Å². The Kier molecular flexibility index (Phi) is 11.9. The summed E-state index contributed by atoms with van der Waals surface area (Å²) in [5.41, 5.74) is 2.55. The van der Waals surface area contributed by atoms with Gasteiger partial charge in [-0.3, -0.25) is 9.59 Å². The van der Waals surface area contributed by atoms with E-state index in [1.807, 2.05) is 66.8 Å². The molecule has 0 radical (unpaired) electrons. The van der Waals surface area contributed by atoms with Crippen molar-refractivity contribution in [3.05, 3.63) is 128 Å². The predicted octanol–water partition coefficient (Wildman–Crippen LogP) is 5.29. The number of carbonyl (C=O) groups is 2. The van der Waals surface area contributed by atoms with Crippen LogP contribution in [-0.4, -0.2) is 59.0 Å². The van der Waals surface area contributed by atoms with E-state index in [0.717, 1.165) is 40.6 Å². The van der Waals surface area contributed by atoms with Gasteiger partial charge in [0.15, 0.2) is 0 Å². The summed E-state index contributed by atoms with van der Waals surface area (Å²) in [4.78, 5) is 40.8. The van der Waals surface area contributed by atoms with Crippen LogP contribution in [0.5, 0.6) is 5.75 Å². The maximum absolute atomic E-state index is 13.4. The molecule has 51 heavy (non-hydrogen) atoms. The Morgan fingerprint density at radius 1 is 1.02 bits per heavy atom. The Labute approximate surface area is 309 Å². The number of benzene rings is 3. The summed E-state index contributed by atoms with van der Waals surface area (Å²) in [6, 6.07) is 21.3. The normalized spacial score (nSPS) is 19.5. The van der Waals surface area contributed by atoms with Crippen molar-refractivity contribution in [3.63, 3.8) is 0 Å². The van der Waals surface area contributed by atoms with E-state index in [9.17, 15) is 24.6 Å². The van der Waals surface area contributed by atoms with Crippen molar-refractivity contribution in [2.75, 3.05) is 25.0 Å². The van der Waals surface area contributed by atoms with Crippen LogP contribution in [0.15, 0.2) is 102 Å². The van der Waals surface area contributed by atoms with Gasteiger partial charge in [-0.2, -0.15) is 0 Å². The van der Waals surface area contributed by atoms with Gasteiger partial charge in [0.2, 0.25) is 11.5 Å². The van der Waals surface area contributed by atoms with E-state index in [0.29, 0.717) is 29.6 Å². The number of pyridine rings is 1. The Hall–Kier alpha value is -4.50. The van der Waals surface area contributed by atoms with Gasteiger partial charge in [-0.25, -0.2) is 4.79 Å². The fourth-order valence-electron chi connectivity index (χ4n) is 6.80. The maximum atomic E-state index is 13.4. The fraction of sp³-hybridized carbons (Fsp3) is 0.308. The number of aromatic amines is 1. The van der Waals surface area contributed by atoms with Crippen LogP contribution in [0.2, 0.25) is 0 Å². The number of piperidine rings is 1. The lowest BCUT2D eigenvalue weighted by atomic mass is 9.69. The number of hydrogen-bond acceptors (Lipinski definition) is 8. The molecule has 4 aromatic rings. The number of aliphatic hydroxyl groups excluding tert-OH is 1. The highest BCUT2D eigenvalue weighted by Gasteiger charge is 2.40. The molecule has 6 rings (SSSR count). The van der Waals surface area contributed by atoms with E-state index in [1.54, 1.807) is 12.1 Å². The van der Waals surface area contributed by atoms with E-state index in [2.05, 4.69) is 54.9 Å². The molecule has 0 bridgehead atoms. The minimum Gasteiger partial charge on any atom is -0.506 e. The van der Waals surface area contributed by atoms with Crippen LogP contribution in [0, 0.1) is 3.57 Å². The second kappa shape index (κ2) is 16.7. The number of carbonyl (C=O) groups excluding carboxylic acids is 2. The highest BCUT2D eigenvalue weighted by Crippen LogP contribution is 2.38. The summed E-state index contributed by atoms with van der Waals surface area (Å²) in [7, 11) is 0. The number of aromatic hydroxyl groups is 1. The lowest BCUT2D eigenvalue weighted by molar-refractivity contribution is -0.116. The minimum absolute atomic E-state index is 0.0573. The third-order valence-corrected chi connectivity index (χ3v) is 10.4. The topological polar surface area (TPSA) is 165 Å². The molecule has 11 nitrogen and oxygen atoms in total. The summed E-state index contributed by atoms with van der Waals surface area (Å²) in [5, 5.41) is 34.3. The van der Waals surface area contributed by atoms with Crippen molar-refractivity contribution in [2.24, 2.45) is 0 Å². The molecule has 266 valence electrons. The summed E-state index contributed by atoms with van der Waals surface area (Å²) in [6.45, 7) is 2.36. The van der Waals surface area contributed by atoms with Crippen LogP contribution in [-0.2, 0) is 21.5 Å². The van der Waals surface area contributed by atoms with Gasteiger partial charge in [0, 0.05) is 39.9 Å². The number of anilines is 1. The number of allylic oxidation sites excluding steroid dienone is 2. The highest BCUT2D eigenvalue weighted by molar-refractivity contribution is 14.1. The molecular formula is C39H42IN5O6. The smallest absolute Gasteiger partial charge is 0.407 e. The van der Waals surface area contributed by atoms with Gasteiger partial charge in [-0.05, 0) is 95.9 Å². The molecule has 2 aliphatic rings. The molecule has 0 saturated carbocycles. The number of fused-ring (bicyclic) bond motifs is 1. The Morgan fingerprint density at radius 3 is 2.61 bits per heavy atom. The molecule has 3 atom stereocenters. The maximum Gasteiger partial charge on any atom is 0.407 e. The summed E-state index contributed by atoms with van der Waals surface area (Å²) >= 11 is 2.20. The zero-order valence-electron chi connectivity index (χ0n) is 28.0. The van der Waals surface area contributed by atoms with E-state index in [4.69, 9.17) is 4.74 Å². The number of ether oxygens (including phenoxy) is 1. The molecule has 1 saturated heterocycles. The number of aliphatic hydroxyl groups is 1. The number of nitrogens with one attached hydrogen (secondary N) is 5. The molecule has 1 aliphatic heterocycles. The molecule has 1 aromatic heterocycles. The largest absolute Gasteiger partial charge is 0.506 e. The first-order valence-corrected chi connectivity index (χ1v) is 18.2. The molecule has 7 N–H and O–H groups in total. The zero-order chi connectivity index (χ0) is 35.8. The summed E-state index contributed by atoms with van der Waals surface area (Å²) < 4.78 is 6.63. The predicted molar refractivity (Wildman–Crippen MR) is 206 cm³/mol. The van der Waals surface area contributed by atoms with E-state index in [1.165, 1.54) is 12.1 Å². The van der Waals surface area contributed by atoms with Gasteiger partial charge in [-0.1, -0.05) is 66.8 Å². The van der Waals surface area contributed by atoms with E-state index < -0.39 is 23.7 Å². The number of amides is 2. The number of aromatic nitrogens is 1. The number of phenolic OH excluding ortho intramolecular Hbond substituents is 1. The highest BCUT2D eigenvalue weighted by atomic mass is 127. The van der Waals surface area contributed by atoms with Crippen LogP contribution in [0.3, 0.4) is 0 Å². The molecule has 1 aliphatic carbocycles. The third kappa shape index (κ3) is 8.87. The molecule has 2 unspecified atom stereocenters. The second-order valence-corrected chi connectivity index (χ2v) is 14.1. The number of hydrogen-bond donors (Lipinski definition) is 7. The van der Waals surface area contributed by atoms with Crippen LogP contribution >= 0.6 is 22.6 Å². The van der Waals surface area contributed by atoms with Crippen molar-refractivity contribution in [2.45, 2.75) is 55.9 Å². The van der Waals surface area contributed by atoms with E-state index >= 15 is 0 Å². The molecule has 2 amide bonds. The molecular weight excluding hydrogens is 761 g/mol. The van der Waals surface area contributed by atoms with Gasteiger partial charge in [0.05, 0.1) is 23.3 Å². The Morgan fingerprint density at radius 2 is 1.82 bits per heavy atom. The SMILES string of the molecule is O=C(CCC1(c2ccccc2)C=CC=CC1NC(=O)OC1CCNCC1)Nc1ccc(CNC[C@H](O)c2ccc(O)c3[nH]c(=O)ccc23)cc1I. The number of rotatable bonds is 12. The van der Waals surface area contributed by atoms with Gasteiger partial charge in [0.1, 0.15) is 11.9 Å². The standard InChI is InChI=1S/C39H42IN5O6/c40-30-22-25(23-42-24-33(47)28-10-13-32(46)37-29(28)11-14-35(48)45-37)9-12-31(30)43-36(49)15-19-39(26-6-2-1-3-7-26)18-5-4-8-34(39)44-38(50)51-27-16-20-41-21-17-27/h1-14,18,22,27,33-34,41-42,46-47H,15-17,19-21,23-24H2,(H,43,49)(H,44,50)(H,45,48)/t33-,34?,39?/m0/s1. The van der Waals surface area contributed by atoms with Crippen LogP contribution in [0.1, 0.15) is 48.5 Å². The second-order valence-electron chi connectivity index (χ2n) is 12.9. The number of alkyl carbamates (subject to hydrolysis) is 1. The van der Waals surface area contributed by atoms with Gasteiger partial charge in [0.25, 0.3) is 0 Å². The monoisotopic (exact) mass is 803 g/mol. The van der Waals surface area contributed by atoms with Gasteiger partial charge >= 0.3 is 6.09 Å². The quantitative estimate of drug-likeness (QED) is 0.0951. The van der Waals surface area contributed by atoms with Crippen molar-refractivity contribution in [3.8, 4) is 5.75 Å². The molecule has 1 fully saturated rings. The fourth-order valence-corrected chi connectivity index (χ4v) is 7.52. The first-order chi connectivity index (χ1) is 24.7. The number of halogens is 1. The van der Waals surface area contributed by atoms with Crippen molar-refractivity contribution >= 4 is 51.2 Å². The number of H-pyrrole nitrogens is 1. The average Bonchev–Trinajstić information content (AvgIpc) is 3.13. The van der Waals surface area contributed by atoms with Crippen LogP contribution < -0.4 is 26.8 Å². The first-order valence-electron chi connectivity index (χ1n) is 17.1. The van der Waals surface area contributed by atoms with Crippen molar-refractivity contribution in [1.29, 1.82) is 0 Å². The molecule has 2 heterocycles. The summed E-state index contributed by atoms with van der Waals surface area (Å²) in [6.07, 6.45) is 8.67. The first kappa shape index (κ1) is 36.3. The lowest BCUT2D eigenvalue weighted by Crippen LogP contribution is -2.50.